The molecule has 1 aliphatic carbocycles. The van der Waals surface area contributed by atoms with Gasteiger partial charge in [0.05, 0.1) is 31.9 Å². The summed E-state index contributed by atoms with van der Waals surface area (Å²) < 4.78 is 12.8. The molecule has 3 unspecified atom stereocenters. The molecule has 1 amide bonds. The Hall–Kier alpha value is -3.30. The molecular weight excluding hydrogens is 482 g/mol. The molecule has 3 aliphatic rings. The zero-order valence-electron chi connectivity index (χ0n) is 20.1. The molecule has 1 aromatic carbocycles. The molecular formula is C26H30ClN5O4. The number of nitrogens with one attached hydrogen (secondary N) is 1. The number of hydrogen-bond donors (Lipinski definition) is 2. The number of hydrogen-bond acceptors (Lipinski definition) is 7. The Morgan fingerprint density at radius 2 is 2.17 bits per heavy atom. The third kappa shape index (κ3) is 5.12. The van der Waals surface area contributed by atoms with Crippen molar-refractivity contribution in [2.45, 2.75) is 44.5 Å². The Kier molecular flexibility index (Phi) is 7.29. The summed E-state index contributed by atoms with van der Waals surface area (Å²) in [7, 11) is 0. The highest BCUT2D eigenvalue weighted by Gasteiger charge is 2.43. The van der Waals surface area contributed by atoms with Crippen LogP contribution < -0.4 is 10.1 Å². The molecule has 0 saturated heterocycles. The van der Waals surface area contributed by atoms with Gasteiger partial charge in [0.2, 0.25) is 0 Å². The second-order valence-electron chi connectivity index (χ2n) is 9.07. The number of ether oxygens (including phenoxy) is 2. The Morgan fingerprint density at radius 3 is 2.92 bits per heavy atom. The molecule has 190 valence electrons. The molecule has 9 nitrogen and oxygen atoms in total. The number of aliphatic hydroxyl groups is 1. The van der Waals surface area contributed by atoms with Gasteiger partial charge in [-0.2, -0.15) is 5.10 Å². The number of aliphatic hydroxyl groups excluding tert-OH is 1. The van der Waals surface area contributed by atoms with Gasteiger partial charge in [-0.25, -0.2) is 9.78 Å². The van der Waals surface area contributed by atoms with E-state index in [1.165, 1.54) is 11.9 Å². The maximum absolute atomic E-state index is 12.9. The van der Waals surface area contributed by atoms with Crippen LogP contribution in [0.25, 0.3) is 0 Å². The Balaban J connectivity index is 1.30. The predicted molar refractivity (Wildman–Crippen MR) is 134 cm³/mol. The average molecular weight is 512 g/mol. The lowest BCUT2D eigenvalue weighted by Gasteiger charge is -2.37. The number of carbonyl (C=O) groups is 1. The highest BCUT2D eigenvalue weighted by Crippen LogP contribution is 2.44. The minimum absolute atomic E-state index is 0.133. The third-order valence-corrected chi connectivity index (χ3v) is 7.00. The number of halogens is 1. The van der Waals surface area contributed by atoms with E-state index in [9.17, 15) is 9.90 Å². The number of fused-ring (bicyclic) bond motifs is 2. The number of rotatable bonds is 8. The van der Waals surface area contributed by atoms with Crippen molar-refractivity contribution >= 4 is 17.7 Å². The summed E-state index contributed by atoms with van der Waals surface area (Å²) in [5.41, 5.74) is 3.30. The van der Waals surface area contributed by atoms with Crippen LogP contribution in [0.1, 0.15) is 31.4 Å². The van der Waals surface area contributed by atoms with Crippen molar-refractivity contribution < 1.29 is 19.4 Å². The Morgan fingerprint density at radius 1 is 1.33 bits per heavy atom. The van der Waals surface area contributed by atoms with Crippen molar-refractivity contribution in [1.82, 2.24) is 25.0 Å². The van der Waals surface area contributed by atoms with E-state index in [1.54, 1.807) is 15.9 Å². The zero-order valence-corrected chi connectivity index (χ0v) is 20.8. The average Bonchev–Trinajstić information content (AvgIpc) is 3.51. The van der Waals surface area contributed by atoms with E-state index in [1.807, 2.05) is 37.3 Å². The third-order valence-electron chi connectivity index (χ3n) is 6.75. The second kappa shape index (κ2) is 10.8. The van der Waals surface area contributed by atoms with E-state index in [-0.39, 0.29) is 24.1 Å². The largest absolute Gasteiger partial charge is 0.493 e. The molecule has 0 radical (unpaired) electrons. The molecule has 3 heterocycles. The van der Waals surface area contributed by atoms with Crippen molar-refractivity contribution in [2.75, 3.05) is 19.8 Å². The molecule has 1 aromatic heterocycles. The lowest BCUT2D eigenvalue weighted by molar-refractivity contribution is 0.0922. The topological polar surface area (TPSA) is 102 Å². The van der Waals surface area contributed by atoms with Gasteiger partial charge in [-0.15, -0.1) is 0 Å². The van der Waals surface area contributed by atoms with Gasteiger partial charge < -0.3 is 19.9 Å². The molecule has 2 aromatic rings. The summed E-state index contributed by atoms with van der Waals surface area (Å²) in [5, 5.41) is 18.6. The lowest BCUT2D eigenvalue weighted by Crippen LogP contribution is -2.42. The summed E-state index contributed by atoms with van der Waals surface area (Å²) in [4.78, 5) is 18.5. The second-order valence-corrected chi connectivity index (χ2v) is 9.50. The van der Waals surface area contributed by atoms with E-state index in [0.717, 1.165) is 22.7 Å². The molecule has 0 bridgehead atoms. The van der Waals surface area contributed by atoms with Crippen LogP contribution in [0, 0.1) is 5.92 Å². The van der Waals surface area contributed by atoms with Gasteiger partial charge in [-0.3, -0.25) is 9.58 Å². The number of nitrogens with zero attached hydrogens (tertiary/aromatic N) is 4. The van der Waals surface area contributed by atoms with Crippen LogP contribution in [0.15, 0.2) is 71.5 Å². The van der Waals surface area contributed by atoms with Gasteiger partial charge in [0.25, 0.3) is 0 Å². The molecule has 0 fully saturated rings. The van der Waals surface area contributed by atoms with Crippen molar-refractivity contribution in [1.29, 1.82) is 0 Å². The van der Waals surface area contributed by atoms with Gasteiger partial charge >= 0.3 is 6.09 Å². The highest BCUT2D eigenvalue weighted by molar-refractivity contribution is 6.31. The molecule has 2 N–H and O–H groups in total. The molecule has 5 rings (SSSR count). The first-order chi connectivity index (χ1) is 17.5. The normalized spacial score (nSPS) is 23.5. The number of aromatic nitrogens is 3. The van der Waals surface area contributed by atoms with Crippen LogP contribution in [0.4, 0.5) is 4.79 Å². The first kappa shape index (κ1) is 24.4. The SMILES string of the molecule is CCOC(=O)N1CCC2=C(NC3C=CC(Cl)=CC23)[C@@H]1c1ccc(OCCC(O)Cn2cncn2)cc1. The fourth-order valence-electron chi connectivity index (χ4n) is 5.08. The number of benzene rings is 1. The van der Waals surface area contributed by atoms with Crippen LogP contribution in [0.2, 0.25) is 0 Å². The van der Waals surface area contributed by atoms with Gasteiger partial charge in [-0.05, 0) is 42.7 Å². The van der Waals surface area contributed by atoms with E-state index in [2.05, 4.69) is 27.6 Å². The van der Waals surface area contributed by atoms with Crippen molar-refractivity contribution in [3.05, 3.63) is 77.0 Å². The molecule has 4 atom stereocenters. The molecule has 10 heteroatoms. The minimum atomic E-state index is -0.578. The van der Waals surface area contributed by atoms with E-state index in [0.29, 0.717) is 38.5 Å². The smallest absolute Gasteiger partial charge is 0.410 e. The fraction of sp³-hybridized carbons (Fsp3) is 0.423. The maximum atomic E-state index is 12.9. The summed E-state index contributed by atoms with van der Waals surface area (Å²) in [6, 6.07) is 7.62. The van der Waals surface area contributed by atoms with E-state index >= 15 is 0 Å². The zero-order chi connectivity index (χ0) is 25.1. The van der Waals surface area contributed by atoms with Crippen molar-refractivity contribution in [3.63, 3.8) is 0 Å². The predicted octanol–water partition coefficient (Wildman–Crippen LogP) is 3.55. The van der Waals surface area contributed by atoms with Crippen LogP contribution in [-0.4, -0.2) is 62.8 Å². The number of carbonyl (C=O) groups excluding carboxylic acids is 1. The number of amides is 1. The van der Waals surface area contributed by atoms with Crippen LogP contribution >= 0.6 is 11.6 Å². The van der Waals surface area contributed by atoms with Crippen LogP contribution in [0.3, 0.4) is 0 Å². The quantitative estimate of drug-likeness (QED) is 0.559. The summed E-state index contributed by atoms with van der Waals surface area (Å²) >= 11 is 6.30. The standard InChI is InChI=1S/C26H30ClN5O4/c1-2-35-26(34)32-11-9-21-22-13-18(27)5-8-23(22)30-24(21)25(32)17-3-6-20(7-4-17)36-12-10-19(33)14-31-16-28-15-29-31/h3-8,13,15-16,19,22-23,25,30,33H,2,9-12,14H2,1H3/t19?,22?,23?,25-/m0/s1. The van der Waals surface area contributed by atoms with Crippen molar-refractivity contribution in [2.24, 2.45) is 5.92 Å². The summed E-state index contributed by atoms with van der Waals surface area (Å²) in [6.45, 7) is 3.45. The first-order valence-electron chi connectivity index (χ1n) is 12.2. The maximum Gasteiger partial charge on any atom is 0.410 e. The van der Waals surface area contributed by atoms with Crippen LogP contribution in [0.5, 0.6) is 5.75 Å². The Bertz CT molecular complexity index is 1160. The molecule has 36 heavy (non-hydrogen) atoms. The van der Waals surface area contributed by atoms with Gasteiger partial charge in [0.15, 0.2) is 0 Å². The molecule has 2 aliphatic heterocycles. The first-order valence-corrected chi connectivity index (χ1v) is 12.6. The van der Waals surface area contributed by atoms with Gasteiger partial charge in [-0.1, -0.05) is 35.9 Å². The van der Waals surface area contributed by atoms with E-state index < -0.39 is 6.10 Å². The minimum Gasteiger partial charge on any atom is -0.493 e. The summed E-state index contributed by atoms with van der Waals surface area (Å²) in [5.74, 6) is 0.890. The van der Waals surface area contributed by atoms with Crippen LogP contribution in [-0.2, 0) is 11.3 Å². The lowest BCUT2D eigenvalue weighted by atomic mass is 9.85. The molecule has 0 saturated carbocycles. The van der Waals surface area contributed by atoms with E-state index in [4.69, 9.17) is 21.1 Å². The monoisotopic (exact) mass is 511 g/mol. The van der Waals surface area contributed by atoms with Gasteiger partial charge in [0, 0.05) is 29.6 Å². The molecule has 0 spiro atoms. The number of allylic oxidation sites excluding steroid dienone is 2. The Labute approximate surface area is 215 Å². The summed E-state index contributed by atoms with van der Waals surface area (Å²) in [6.07, 6.45) is 9.44. The van der Waals surface area contributed by atoms with Gasteiger partial charge in [0.1, 0.15) is 24.4 Å². The highest BCUT2D eigenvalue weighted by atomic mass is 35.5. The fourth-order valence-corrected chi connectivity index (χ4v) is 5.29. The van der Waals surface area contributed by atoms with Crippen molar-refractivity contribution in [3.8, 4) is 5.75 Å².